The summed E-state index contributed by atoms with van der Waals surface area (Å²) in [5, 5.41) is 12.0. The van der Waals surface area contributed by atoms with Crippen LogP contribution in [0.25, 0.3) is 22.4 Å². The highest BCUT2D eigenvalue weighted by Gasteiger charge is 2.18. The predicted molar refractivity (Wildman–Crippen MR) is 90.3 cm³/mol. The summed E-state index contributed by atoms with van der Waals surface area (Å²) in [6.45, 7) is 1.95. The van der Waals surface area contributed by atoms with Crippen LogP contribution in [0.15, 0.2) is 27.4 Å². The lowest BCUT2D eigenvalue weighted by atomic mass is 9.95. The predicted octanol–water partition coefficient (Wildman–Crippen LogP) is 5.00. The van der Waals surface area contributed by atoms with Crippen molar-refractivity contribution in [1.82, 2.24) is 10.1 Å². The van der Waals surface area contributed by atoms with Gasteiger partial charge in [0.25, 0.3) is 0 Å². The van der Waals surface area contributed by atoms with E-state index in [1.165, 1.54) is 32.1 Å². The lowest BCUT2D eigenvalue weighted by Gasteiger charge is -2.23. The molecule has 0 radical (unpaired) electrons. The second-order valence-electron chi connectivity index (χ2n) is 5.99. The summed E-state index contributed by atoms with van der Waals surface area (Å²) in [5.74, 6) is 0. The highest BCUT2D eigenvalue weighted by Crippen LogP contribution is 2.32. The van der Waals surface area contributed by atoms with Crippen molar-refractivity contribution >= 4 is 28.1 Å². The van der Waals surface area contributed by atoms with E-state index in [1.807, 2.05) is 6.92 Å². The maximum Gasteiger partial charge on any atom is 0.208 e. The van der Waals surface area contributed by atoms with E-state index in [-0.39, 0.29) is 0 Å². The minimum Gasteiger partial charge on any atom is -0.379 e. The first-order chi connectivity index (χ1) is 10.8. The zero-order chi connectivity index (χ0) is 14.9. The van der Waals surface area contributed by atoms with Gasteiger partial charge in [-0.05, 0) is 37.3 Å². The van der Waals surface area contributed by atoms with E-state index in [1.54, 1.807) is 11.3 Å². The normalized spacial score (nSPS) is 16.2. The summed E-state index contributed by atoms with van der Waals surface area (Å²) in [6.07, 6.45) is 6.42. The Morgan fingerprint density at radius 1 is 1.27 bits per heavy atom. The fourth-order valence-corrected chi connectivity index (χ4v) is 3.81. The summed E-state index contributed by atoms with van der Waals surface area (Å²) in [6, 6.07) is 4.73. The molecule has 1 aliphatic rings. The molecule has 0 unspecified atom stereocenters. The first-order valence-electron chi connectivity index (χ1n) is 7.87. The van der Waals surface area contributed by atoms with Crippen LogP contribution in [0, 0.1) is 6.92 Å². The number of nitrogens with one attached hydrogen (secondary N) is 1. The third-order valence-corrected chi connectivity index (χ3v) is 5.05. The van der Waals surface area contributed by atoms with Gasteiger partial charge in [0.15, 0.2) is 0 Å². The van der Waals surface area contributed by atoms with Gasteiger partial charge >= 0.3 is 0 Å². The van der Waals surface area contributed by atoms with Gasteiger partial charge in [0.2, 0.25) is 5.58 Å². The summed E-state index contributed by atoms with van der Waals surface area (Å²) in [7, 11) is 0. The van der Waals surface area contributed by atoms with Crippen LogP contribution in [-0.2, 0) is 0 Å². The summed E-state index contributed by atoms with van der Waals surface area (Å²) >= 11 is 1.69. The average Bonchev–Trinajstić information content (AvgIpc) is 3.19. The minimum atomic E-state index is 0.528. The van der Waals surface area contributed by atoms with E-state index in [9.17, 15) is 0 Å². The van der Waals surface area contributed by atoms with E-state index in [0.29, 0.717) is 6.04 Å². The average molecular weight is 313 g/mol. The van der Waals surface area contributed by atoms with Crippen LogP contribution in [0.1, 0.15) is 37.8 Å². The van der Waals surface area contributed by atoms with Crippen molar-refractivity contribution in [2.45, 2.75) is 45.1 Å². The highest BCUT2D eigenvalue weighted by molar-refractivity contribution is 7.08. The molecule has 0 aromatic carbocycles. The van der Waals surface area contributed by atoms with Crippen LogP contribution < -0.4 is 5.32 Å². The van der Waals surface area contributed by atoms with Gasteiger partial charge in [-0.1, -0.05) is 24.4 Å². The van der Waals surface area contributed by atoms with Crippen molar-refractivity contribution in [2.75, 3.05) is 5.32 Å². The van der Waals surface area contributed by atoms with Crippen molar-refractivity contribution in [3.8, 4) is 11.3 Å². The highest BCUT2D eigenvalue weighted by atomic mass is 32.1. The molecule has 0 aliphatic heterocycles. The first kappa shape index (κ1) is 13.8. The van der Waals surface area contributed by atoms with Gasteiger partial charge in [-0.2, -0.15) is 11.3 Å². The largest absolute Gasteiger partial charge is 0.379 e. The van der Waals surface area contributed by atoms with Crippen molar-refractivity contribution in [3.63, 3.8) is 0 Å². The topological polar surface area (TPSA) is 51.0 Å². The monoisotopic (exact) mass is 313 g/mol. The third-order valence-electron chi connectivity index (χ3n) is 4.37. The molecule has 3 heterocycles. The maximum atomic E-state index is 5.52. The smallest absolute Gasteiger partial charge is 0.208 e. The quantitative estimate of drug-likeness (QED) is 0.739. The Morgan fingerprint density at radius 3 is 2.91 bits per heavy atom. The molecule has 3 aromatic rings. The van der Waals surface area contributed by atoms with Crippen LogP contribution in [0.4, 0.5) is 5.69 Å². The maximum absolute atomic E-state index is 5.52. The van der Waals surface area contributed by atoms with Crippen molar-refractivity contribution in [3.05, 3.63) is 28.6 Å². The number of nitrogens with zero attached hydrogens (tertiary/aromatic N) is 2. The molecule has 0 amide bonds. The molecule has 1 saturated carbocycles. The van der Waals surface area contributed by atoms with Crippen molar-refractivity contribution < 1.29 is 4.52 Å². The zero-order valence-corrected chi connectivity index (χ0v) is 13.4. The van der Waals surface area contributed by atoms with Gasteiger partial charge in [0.1, 0.15) is 11.2 Å². The molecule has 1 N–H and O–H groups in total. The Bertz CT molecular complexity index is 773. The molecule has 1 fully saturated rings. The Morgan fingerprint density at radius 2 is 2.14 bits per heavy atom. The SMILES string of the molecule is Cc1noc2c(NC3CCCCC3)cc(-c3ccsc3)nc12. The molecular formula is C17H19N3OS. The molecule has 3 aromatic heterocycles. The lowest BCUT2D eigenvalue weighted by molar-refractivity contribution is 0.446. The number of aromatic nitrogens is 2. The van der Waals surface area contributed by atoms with E-state index >= 15 is 0 Å². The number of rotatable bonds is 3. The first-order valence-corrected chi connectivity index (χ1v) is 8.81. The second kappa shape index (κ2) is 5.72. The van der Waals surface area contributed by atoms with E-state index in [0.717, 1.165) is 33.7 Å². The Hall–Kier alpha value is -1.88. The van der Waals surface area contributed by atoms with Gasteiger partial charge in [-0.15, -0.1) is 0 Å². The molecule has 114 valence electrons. The number of fused-ring (bicyclic) bond motifs is 1. The number of hydrogen-bond acceptors (Lipinski definition) is 5. The molecule has 0 saturated heterocycles. The second-order valence-corrected chi connectivity index (χ2v) is 6.77. The number of hydrogen-bond donors (Lipinski definition) is 1. The number of pyridine rings is 1. The molecule has 0 atom stereocenters. The van der Waals surface area contributed by atoms with Gasteiger partial charge in [0.05, 0.1) is 11.4 Å². The molecule has 1 aliphatic carbocycles. The number of anilines is 1. The van der Waals surface area contributed by atoms with Crippen LogP contribution in [0.5, 0.6) is 0 Å². The summed E-state index contributed by atoms with van der Waals surface area (Å²) in [5.41, 5.74) is 5.65. The fraction of sp³-hybridized carbons (Fsp3) is 0.412. The number of thiophene rings is 1. The van der Waals surface area contributed by atoms with E-state index in [2.05, 4.69) is 33.4 Å². The standard InChI is InChI=1S/C17H19N3OS/c1-11-16-17(21-20-11)15(18-13-5-3-2-4-6-13)9-14(19-16)12-7-8-22-10-12/h7-10,13H,2-6H2,1H3,(H,18,19). The van der Waals surface area contributed by atoms with Crippen LogP contribution in [0.2, 0.25) is 0 Å². The summed E-state index contributed by atoms with van der Waals surface area (Å²) in [4.78, 5) is 4.74. The fourth-order valence-electron chi connectivity index (χ4n) is 3.16. The van der Waals surface area contributed by atoms with E-state index < -0.39 is 0 Å². The van der Waals surface area contributed by atoms with E-state index in [4.69, 9.17) is 9.51 Å². The van der Waals surface area contributed by atoms with Crippen LogP contribution in [-0.4, -0.2) is 16.2 Å². The third kappa shape index (κ3) is 2.50. The molecular weight excluding hydrogens is 294 g/mol. The van der Waals surface area contributed by atoms with Gasteiger partial charge < -0.3 is 9.84 Å². The van der Waals surface area contributed by atoms with Crippen LogP contribution >= 0.6 is 11.3 Å². The van der Waals surface area contributed by atoms with Crippen LogP contribution in [0.3, 0.4) is 0 Å². The molecule has 4 rings (SSSR count). The minimum absolute atomic E-state index is 0.528. The Balaban J connectivity index is 1.77. The molecule has 0 spiro atoms. The molecule has 22 heavy (non-hydrogen) atoms. The Kier molecular flexibility index (Phi) is 3.58. The van der Waals surface area contributed by atoms with Crippen molar-refractivity contribution in [1.29, 1.82) is 0 Å². The van der Waals surface area contributed by atoms with Gasteiger partial charge in [-0.25, -0.2) is 4.98 Å². The molecule has 5 heteroatoms. The Labute approximate surface area is 133 Å². The van der Waals surface area contributed by atoms with Crippen molar-refractivity contribution in [2.24, 2.45) is 0 Å². The lowest BCUT2D eigenvalue weighted by Crippen LogP contribution is -2.22. The summed E-state index contributed by atoms with van der Waals surface area (Å²) < 4.78 is 5.52. The van der Waals surface area contributed by atoms with Gasteiger partial charge in [-0.3, -0.25) is 0 Å². The molecule has 0 bridgehead atoms. The molecule has 4 nitrogen and oxygen atoms in total. The van der Waals surface area contributed by atoms with Gasteiger partial charge in [0, 0.05) is 17.0 Å². The zero-order valence-electron chi connectivity index (χ0n) is 12.6. The number of aryl methyl sites for hydroxylation is 1.